The van der Waals surface area contributed by atoms with Crippen molar-refractivity contribution in [3.05, 3.63) is 35.7 Å². The number of piperazine rings is 1. The number of hydrogen-bond donors (Lipinski definition) is 0. The van der Waals surface area contributed by atoms with Crippen molar-refractivity contribution in [2.24, 2.45) is 0 Å². The van der Waals surface area contributed by atoms with E-state index in [1.165, 1.54) is 56.9 Å². The van der Waals surface area contributed by atoms with Crippen LogP contribution in [-0.2, 0) is 17.7 Å². The van der Waals surface area contributed by atoms with Gasteiger partial charge < -0.3 is 14.2 Å². The van der Waals surface area contributed by atoms with Crippen molar-refractivity contribution in [1.29, 1.82) is 0 Å². The zero-order chi connectivity index (χ0) is 25.1. The van der Waals surface area contributed by atoms with Crippen LogP contribution in [-0.4, -0.2) is 57.8 Å². The molecule has 1 fully saturated rings. The lowest BCUT2D eigenvalue weighted by Gasteiger charge is -2.34. The predicted molar refractivity (Wildman–Crippen MR) is 139 cm³/mol. The highest BCUT2D eigenvalue weighted by molar-refractivity contribution is 5.68. The first kappa shape index (κ1) is 27.2. The molecule has 1 aromatic carbocycles. The number of rotatable bonds is 12. The minimum atomic E-state index is -0.472. The molecular weight excluding hydrogens is 440 g/mol. The summed E-state index contributed by atoms with van der Waals surface area (Å²) in [4.78, 5) is 20.8. The fourth-order valence-electron chi connectivity index (χ4n) is 4.33. The first-order valence-electron chi connectivity index (χ1n) is 13.5. The lowest BCUT2D eigenvalue weighted by Crippen LogP contribution is -2.49. The Bertz CT molecular complexity index is 880. The Kier molecular flexibility index (Phi) is 10.6. The Morgan fingerprint density at radius 3 is 2.20 bits per heavy atom. The predicted octanol–water partition coefficient (Wildman–Crippen LogP) is 6.47. The van der Waals surface area contributed by atoms with Gasteiger partial charge in [0.1, 0.15) is 5.60 Å². The minimum Gasteiger partial charge on any atom is -0.444 e. The van der Waals surface area contributed by atoms with E-state index in [0.717, 1.165) is 25.1 Å². The molecule has 1 aliphatic rings. The highest BCUT2D eigenvalue weighted by Gasteiger charge is 2.26. The minimum absolute atomic E-state index is 0.247. The van der Waals surface area contributed by atoms with Gasteiger partial charge in [0, 0.05) is 31.7 Å². The topological polar surface area (TPSA) is 71.7 Å². The second-order valence-corrected chi connectivity index (χ2v) is 10.7. The molecule has 0 spiro atoms. The van der Waals surface area contributed by atoms with Crippen LogP contribution in [0.5, 0.6) is 0 Å². The second-order valence-electron chi connectivity index (χ2n) is 10.7. The van der Waals surface area contributed by atoms with Crippen LogP contribution in [0.1, 0.15) is 90.5 Å². The van der Waals surface area contributed by atoms with Gasteiger partial charge in [-0.3, -0.25) is 4.90 Å². The lowest BCUT2D eigenvalue weighted by molar-refractivity contribution is 0.0132. The van der Waals surface area contributed by atoms with Crippen LogP contribution >= 0.6 is 0 Å². The maximum absolute atomic E-state index is 12.2. The number of ether oxygens (including phenoxy) is 1. The van der Waals surface area contributed by atoms with E-state index in [-0.39, 0.29) is 6.09 Å². The first-order chi connectivity index (χ1) is 16.8. The summed E-state index contributed by atoms with van der Waals surface area (Å²) in [6.45, 7) is 11.3. The Hall–Kier alpha value is -2.41. The third-order valence-electron chi connectivity index (χ3n) is 6.38. The normalized spacial score (nSPS) is 14.9. The summed E-state index contributed by atoms with van der Waals surface area (Å²) in [6, 6.07) is 8.55. The van der Waals surface area contributed by atoms with Gasteiger partial charge in [0.05, 0.1) is 6.54 Å². The third-order valence-corrected chi connectivity index (χ3v) is 6.38. The van der Waals surface area contributed by atoms with Gasteiger partial charge >= 0.3 is 6.09 Å². The van der Waals surface area contributed by atoms with Gasteiger partial charge in [-0.1, -0.05) is 81.3 Å². The van der Waals surface area contributed by atoms with Crippen molar-refractivity contribution in [3.8, 4) is 11.4 Å². The van der Waals surface area contributed by atoms with Gasteiger partial charge in [-0.2, -0.15) is 4.98 Å². The molecule has 1 amide bonds. The zero-order valence-electron chi connectivity index (χ0n) is 22.2. The van der Waals surface area contributed by atoms with Crippen molar-refractivity contribution in [2.75, 3.05) is 26.2 Å². The van der Waals surface area contributed by atoms with Crippen LogP contribution < -0.4 is 0 Å². The van der Waals surface area contributed by atoms with Crippen molar-refractivity contribution in [3.63, 3.8) is 0 Å². The van der Waals surface area contributed by atoms with E-state index in [1.807, 2.05) is 20.8 Å². The number of benzene rings is 1. The molecule has 1 saturated heterocycles. The summed E-state index contributed by atoms with van der Waals surface area (Å²) < 4.78 is 11.0. The molecule has 1 aromatic heterocycles. The number of amides is 1. The molecule has 35 heavy (non-hydrogen) atoms. The second kappa shape index (κ2) is 13.6. The smallest absolute Gasteiger partial charge is 0.410 e. The molecule has 0 atom stereocenters. The van der Waals surface area contributed by atoms with E-state index in [2.05, 4.69) is 46.2 Å². The Morgan fingerprint density at radius 2 is 1.57 bits per heavy atom. The lowest BCUT2D eigenvalue weighted by atomic mass is 10.0. The maximum atomic E-state index is 12.2. The molecule has 7 nitrogen and oxygen atoms in total. The van der Waals surface area contributed by atoms with Gasteiger partial charge in [-0.25, -0.2) is 4.79 Å². The molecule has 2 aromatic rings. The van der Waals surface area contributed by atoms with Gasteiger partial charge in [0.15, 0.2) is 0 Å². The maximum Gasteiger partial charge on any atom is 0.410 e. The van der Waals surface area contributed by atoms with Crippen LogP contribution in [0.3, 0.4) is 0 Å². The van der Waals surface area contributed by atoms with Crippen LogP contribution in [0.2, 0.25) is 0 Å². The summed E-state index contributed by atoms with van der Waals surface area (Å²) in [5.74, 6) is 1.24. The van der Waals surface area contributed by atoms with Crippen LogP contribution in [0, 0.1) is 0 Å². The van der Waals surface area contributed by atoms with Crippen molar-refractivity contribution in [2.45, 2.75) is 97.6 Å². The number of hydrogen-bond acceptors (Lipinski definition) is 6. The Labute approximate surface area is 211 Å². The highest BCUT2D eigenvalue weighted by atomic mass is 16.6. The molecular formula is C28H44N4O3. The quantitative estimate of drug-likeness (QED) is 0.321. The molecule has 3 rings (SSSR count). The molecule has 0 unspecified atom stereocenters. The average molecular weight is 485 g/mol. The summed E-state index contributed by atoms with van der Waals surface area (Å²) in [7, 11) is 0. The van der Waals surface area contributed by atoms with Crippen molar-refractivity contribution in [1.82, 2.24) is 19.9 Å². The van der Waals surface area contributed by atoms with Crippen LogP contribution in [0.4, 0.5) is 4.79 Å². The molecule has 0 radical (unpaired) electrons. The summed E-state index contributed by atoms with van der Waals surface area (Å²) in [6.07, 6.45) is 11.6. The summed E-state index contributed by atoms with van der Waals surface area (Å²) >= 11 is 0. The number of aryl methyl sites for hydroxylation is 1. The van der Waals surface area contributed by atoms with Gasteiger partial charge in [0.25, 0.3) is 0 Å². The van der Waals surface area contributed by atoms with E-state index in [1.54, 1.807) is 4.90 Å². The fourth-order valence-corrected chi connectivity index (χ4v) is 4.33. The molecule has 7 heteroatoms. The number of unbranched alkanes of at least 4 members (excludes halogenated alkanes) is 7. The van der Waals surface area contributed by atoms with E-state index in [0.29, 0.717) is 31.3 Å². The Balaban J connectivity index is 1.38. The first-order valence-corrected chi connectivity index (χ1v) is 13.5. The average Bonchev–Trinajstić information content (AvgIpc) is 3.29. The SMILES string of the molecule is CCCCCCCCCCc1ccc(-c2noc(CN3CCN(C(=O)OC(C)(C)C)CC3)n2)cc1. The van der Waals surface area contributed by atoms with Gasteiger partial charge in [0.2, 0.25) is 11.7 Å². The largest absolute Gasteiger partial charge is 0.444 e. The third kappa shape index (κ3) is 9.63. The summed E-state index contributed by atoms with van der Waals surface area (Å²) in [5, 5.41) is 4.18. The fraction of sp³-hybridized carbons (Fsp3) is 0.679. The van der Waals surface area contributed by atoms with E-state index in [4.69, 9.17) is 9.26 Å². The molecule has 0 saturated carbocycles. The highest BCUT2D eigenvalue weighted by Crippen LogP contribution is 2.19. The number of aromatic nitrogens is 2. The van der Waals surface area contributed by atoms with E-state index >= 15 is 0 Å². The van der Waals surface area contributed by atoms with E-state index < -0.39 is 5.60 Å². The monoisotopic (exact) mass is 484 g/mol. The van der Waals surface area contributed by atoms with Crippen LogP contribution in [0.15, 0.2) is 28.8 Å². The number of carbonyl (C=O) groups excluding carboxylic acids is 1. The molecule has 2 heterocycles. The zero-order valence-corrected chi connectivity index (χ0v) is 22.2. The molecule has 1 aliphatic heterocycles. The Morgan fingerprint density at radius 1 is 0.943 bits per heavy atom. The number of carbonyl (C=O) groups is 1. The standard InChI is InChI=1S/C28H44N4O3/c1-5-6-7-8-9-10-11-12-13-23-14-16-24(17-15-23)26-29-25(35-30-26)22-31-18-20-32(21-19-31)27(33)34-28(2,3)4/h14-17H,5-13,18-22H2,1-4H3. The molecule has 0 bridgehead atoms. The molecule has 0 aliphatic carbocycles. The molecule has 0 N–H and O–H groups in total. The van der Waals surface area contributed by atoms with Crippen molar-refractivity contribution < 1.29 is 14.1 Å². The van der Waals surface area contributed by atoms with Gasteiger partial charge in [-0.05, 0) is 39.2 Å². The van der Waals surface area contributed by atoms with Crippen LogP contribution in [0.25, 0.3) is 11.4 Å². The van der Waals surface area contributed by atoms with Gasteiger partial charge in [-0.15, -0.1) is 0 Å². The number of nitrogens with zero attached hydrogens (tertiary/aromatic N) is 4. The van der Waals surface area contributed by atoms with Crippen molar-refractivity contribution >= 4 is 6.09 Å². The molecule has 194 valence electrons. The van der Waals surface area contributed by atoms with E-state index in [9.17, 15) is 4.79 Å². The summed E-state index contributed by atoms with van der Waals surface area (Å²) in [5.41, 5.74) is 1.88.